The van der Waals surface area contributed by atoms with E-state index in [4.69, 9.17) is 4.74 Å². The van der Waals surface area contributed by atoms with Crippen molar-refractivity contribution in [1.82, 2.24) is 5.32 Å². The number of ether oxygens (including phenoxy) is 1. The zero-order valence-corrected chi connectivity index (χ0v) is 42.3. The molecule has 0 radical (unpaired) electrons. The van der Waals surface area contributed by atoms with Crippen molar-refractivity contribution in [2.24, 2.45) is 0 Å². The van der Waals surface area contributed by atoms with E-state index in [1.54, 1.807) is 0 Å². The summed E-state index contributed by atoms with van der Waals surface area (Å²) in [7, 11) is 0. The lowest BCUT2D eigenvalue weighted by atomic mass is 10.0. The molecule has 372 valence electrons. The standard InChI is InChI=1S/C57H109NO5/c1-3-5-7-9-11-13-15-17-22-25-29-33-37-41-45-49-55(60)54(53-59)58-56(61)50-46-42-38-34-30-26-23-20-19-21-24-28-32-36-40-44-48-52-63-57(62)51-47-43-39-35-31-27-18-16-14-12-10-8-6-4-2/h16,18-19,21,54-55,59-60H,3-15,17,20,22-53H2,1-2H3,(H,58,61)/b18-16-,21-19-. The Kier molecular flexibility index (Phi) is 51.6. The van der Waals surface area contributed by atoms with Crippen LogP contribution in [0, 0.1) is 0 Å². The summed E-state index contributed by atoms with van der Waals surface area (Å²) in [6.45, 7) is 4.93. The van der Waals surface area contributed by atoms with Crippen molar-refractivity contribution in [1.29, 1.82) is 0 Å². The zero-order chi connectivity index (χ0) is 45.8. The first-order valence-electron chi connectivity index (χ1n) is 28.1. The number of aliphatic hydroxyl groups excluding tert-OH is 2. The fourth-order valence-corrected chi connectivity index (χ4v) is 8.63. The first kappa shape index (κ1) is 61.3. The van der Waals surface area contributed by atoms with E-state index in [0.29, 0.717) is 25.9 Å². The van der Waals surface area contributed by atoms with Crippen LogP contribution in [0.15, 0.2) is 24.3 Å². The first-order chi connectivity index (χ1) is 31.0. The molecule has 3 N–H and O–H groups in total. The van der Waals surface area contributed by atoms with Gasteiger partial charge < -0.3 is 20.3 Å². The summed E-state index contributed by atoms with van der Waals surface area (Å²) in [5.41, 5.74) is 0. The molecule has 0 saturated heterocycles. The van der Waals surface area contributed by atoms with E-state index in [9.17, 15) is 19.8 Å². The van der Waals surface area contributed by atoms with Crippen LogP contribution in [0.4, 0.5) is 0 Å². The number of hydrogen-bond donors (Lipinski definition) is 3. The Morgan fingerprint density at radius 1 is 0.429 bits per heavy atom. The number of rotatable bonds is 52. The van der Waals surface area contributed by atoms with Crippen LogP contribution < -0.4 is 5.32 Å². The highest BCUT2D eigenvalue weighted by Crippen LogP contribution is 2.16. The molecule has 6 heteroatoms. The Labute approximate surface area is 392 Å². The Bertz CT molecular complexity index is 982. The molecular formula is C57H109NO5. The maximum absolute atomic E-state index is 12.5. The van der Waals surface area contributed by atoms with Gasteiger partial charge in [-0.1, -0.05) is 237 Å². The van der Waals surface area contributed by atoms with Crippen LogP contribution in [-0.4, -0.2) is 47.4 Å². The van der Waals surface area contributed by atoms with Gasteiger partial charge in [0.1, 0.15) is 0 Å². The van der Waals surface area contributed by atoms with E-state index in [2.05, 4.69) is 43.5 Å². The average molecular weight is 889 g/mol. The van der Waals surface area contributed by atoms with Gasteiger partial charge in [0.2, 0.25) is 5.91 Å². The summed E-state index contributed by atoms with van der Waals surface area (Å²) in [6, 6.07) is -0.550. The second-order valence-corrected chi connectivity index (χ2v) is 19.3. The minimum absolute atomic E-state index is 0.0102. The predicted octanol–water partition coefficient (Wildman–Crippen LogP) is 17.1. The summed E-state index contributed by atoms with van der Waals surface area (Å²) in [5, 5.41) is 23.2. The van der Waals surface area contributed by atoms with E-state index in [0.717, 1.165) is 57.8 Å². The third kappa shape index (κ3) is 49.6. The van der Waals surface area contributed by atoms with Gasteiger partial charge in [-0.05, 0) is 77.0 Å². The lowest BCUT2D eigenvalue weighted by Gasteiger charge is -2.22. The molecule has 0 aromatic carbocycles. The number of unbranched alkanes of at least 4 members (excludes halogenated alkanes) is 37. The van der Waals surface area contributed by atoms with Crippen LogP contribution in [0.5, 0.6) is 0 Å². The Balaban J connectivity index is 3.46. The second kappa shape index (κ2) is 53.0. The number of carbonyl (C=O) groups is 2. The minimum atomic E-state index is -0.672. The van der Waals surface area contributed by atoms with Crippen LogP contribution >= 0.6 is 0 Å². The van der Waals surface area contributed by atoms with Crippen molar-refractivity contribution in [3.8, 4) is 0 Å². The van der Waals surface area contributed by atoms with Crippen LogP contribution in [0.3, 0.4) is 0 Å². The second-order valence-electron chi connectivity index (χ2n) is 19.3. The smallest absolute Gasteiger partial charge is 0.305 e. The Morgan fingerprint density at radius 3 is 1.13 bits per heavy atom. The molecule has 0 fully saturated rings. The number of carbonyl (C=O) groups excluding carboxylic acids is 2. The molecule has 0 spiro atoms. The molecular weight excluding hydrogens is 779 g/mol. The highest BCUT2D eigenvalue weighted by molar-refractivity contribution is 5.76. The molecule has 0 bridgehead atoms. The molecule has 0 saturated carbocycles. The van der Waals surface area contributed by atoms with E-state index in [-0.39, 0.29) is 18.5 Å². The van der Waals surface area contributed by atoms with Gasteiger partial charge in [-0.25, -0.2) is 0 Å². The molecule has 2 unspecified atom stereocenters. The number of nitrogens with one attached hydrogen (secondary N) is 1. The van der Waals surface area contributed by atoms with Crippen molar-refractivity contribution in [3.63, 3.8) is 0 Å². The number of amides is 1. The molecule has 0 aliphatic carbocycles. The Hall–Kier alpha value is -1.66. The summed E-state index contributed by atoms with van der Waals surface area (Å²) in [5.74, 6) is -0.0564. The first-order valence-corrected chi connectivity index (χ1v) is 28.1. The van der Waals surface area contributed by atoms with Crippen molar-refractivity contribution >= 4 is 11.9 Å². The number of aliphatic hydroxyl groups is 2. The lowest BCUT2D eigenvalue weighted by molar-refractivity contribution is -0.143. The van der Waals surface area contributed by atoms with Gasteiger partial charge in [-0.3, -0.25) is 9.59 Å². The van der Waals surface area contributed by atoms with Crippen molar-refractivity contribution in [3.05, 3.63) is 24.3 Å². The molecule has 6 nitrogen and oxygen atoms in total. The molecule has 0 heterocycles. The van der Waals surface area contributed by atoms with Gasteiger partial charge in [0, 0.05) is 12.8 Å². The SMILES string of the molecule is CCCCCCC/C=C\CCCCCCCC(=O)OCCCCCCCC/C=C\CCCCCCCCCC(=O)NC(CO)C(O)CCCCCCCCCCCCCCCCC. The van der Waals surface area contributed by atoms with Crippen LogP contribution in [0.25, 0.3) is 0 Å². The highest BCUT2D eigenvalue weighted by Gasteiger charge is 2.20. The predicted molar refractivity (Wildman–Crippen MR) is 273 cm³/mol. The average Bonchev–Trinajstić information content (AvgIpc) is 3.28. The lowest BCUT2D eigenvalue weighted by Crippen LogP contribution is -2.45. The summed E-state index contributed by atoms with van der Waals surface area (Å²) in [6.07, 6.45) is 63.0. The van der Waals surface area contributed by atoms with E-state index >= 15 is 0 Å². The topological polar surface area (TPSA) is 95.9 Å². The van der Waals surface area contributed by atoms with Gasteiger partial charge in [0.25, 0.3) is 0 Å². The number of hydrogen-bond acceptors (Lipinski definition) is 5. The summed E-state index contributed by atoms with van der Waals surface area (Å²) >= 11 is 0. The van der Waals surface area contributed by atoms with E-state index < -0.39 is 12.1 Å². The third-order valence-electron chi connectivity index (χ3n) is 13.0. The quantitative estimate of drug-likeness (QED) is 0.0321. The maximum atomic E-state index is 12.5. The monoisotopic (exact) mass is 888 g/mol. The molecule has 2 atom stereocenters. The molecule has 0 aromatic rings. The molecule has 0 aliphatic heterocycles. The number of esters is 1. The fourth-order valence-electron chi connectivity index (χ4n) is 8.63. The minimum Gasteiger partial charge on any atom is -0.466 e. The van der Waals surface area contributed by atoms with Crippen LogP contribution in [-0.2, 0) is 14.3 Å². The van der Waals surface area contributed by atoms with Crippen molar-refractivity contribution in [2.45, 2.75) is 315 Å². The van der Waals surface area contributed by atoms with Gasteiger partial charge >= 0.3 is 5.97 Å². The van der Waals surface area contributed by atoms with E-state index in [1.165, 1.54) is 212 Å². The van der Waals surface area contributed by atoms with Gasteiger partial charge in [0.15, 0.2) is 0 Å². The molecule has 0 aliphatic rings. The zero-order valence-electron chi connectivity index (χ0n) is 42.3. The fraction of sp³-hybridized carbons (Fsp3) is 0.895. The molecule has 0 rings (SSSR count). The van der Waals surface area contributed by atoms with E-state index in [1.807, 2.05) is 0 Å². The third-order valence-corrected chi connectivity index (χ3v) is 13.0. The van der Waals surface area contributed by atoms with Crippen LogP contribution in [0.1, 0.15) is 303 Å². The molecule has 0 aromatic heterocycles. The van der Waals surface area contributed by atoms with Crippen molar-refractivity contribution < 1.29 is 24.5 Å². The largest absolute Gasteiger partial charge is 0.466 e. The summed E-state index contributed by atoms with van der Waals surface area (Å²) in [4.78, 5) is 24.5. The van der Waals surface area contributed by atoms with Crippen molar-refractivity contribution in [2.75, 3.05) is 13.2 Å². The normalized spacial score (nSPS) is 12.8. The maximum Gasteiger partial charge on any atom is 0.305 e. The van der Waals surface area contributed by atoms with Gasteiger partial charge in [-0.15, -0.1) is 0 Å². The Morgan fingerprint density at radius 2 is 0.746 bits per heavy atom. The van der Waals surface area contributed by atoms with Gasteiger partial charge in [-0.2, -0.15) is 0 Å². The molecule has 63 heavy (non-hydrogen) atoms. The highest BCUT2D eigenvalue weighted by atomic mass is 16.5. The summed E-state index contributed by atoms with van der Waals surface area (Å²) < 4.78 is 5.46. The molecule has 1 amide bonds. The van der Waals surface area contributed by atoms with Crippen LogP contribution in [0.2, 0.25) is 0 Å². The van der Waals surface area contributed by atoms with Gasteiger partial charge in [0.05, 0.1) is 25.4 Å². The number of allylic oxidation sites excluding steroid dienone is 4.